The molecule has 1 unspecified atom stereocenters. The predicted octanol–water partition coefficient (Wildman–Crippen LogP) is 2.60. The van der Waals surface area contributed by atoms with Crippen LogP contribution in [-0.2, 0) is 4.79 Å². The number of hydrogen-bond donors (Lipinski definition) is 0. The average Bonchev–Trinajstić information content (AvgIpc) is 2.88. The molecule has 0 saturated carbocycles. The smallest absolute Gasteiger partial charge is 0.227 e. The molecule has 0 radical (unpaired) electrons. The van der Waals surface area contributed by atoms with E-state index in [1.54, 1.807) is 19.5 Å². The minimum atomic E-state index is 0.0182. The molecule has 2 aliphatic rings. The quantitative estimate of drug-likeness (QED) is 0.627. The van der Waals surface area contributed by atoms with E-state index < -0.39 is 0 Å². The Morgan fingerprint density at radius 3 is 2.66 bits per heavy atom. The van der Waals surface area contributed by atoms with Crippen molar-refractivity contribution in [2.75, 3.05) is 56.2 Å². The lowest BCUT2D eigenvalue weighted by atomic mass is 9.95. The van der Waals surface area contributed by atoms with Gasteiger partial charge in [-0.1, -0.05) is 6.07 Å². The average molecular weight is 433 g/mol. The molecule has 0 bridgehead atoms. The van der Waals surface area contributed by atoms with Gasteiger partial charge in [0, 0.05) is 63.4 Å². The van der Waals surface area contributed by atoms with Crippen molar-refractivity contribution in [3.8, 4) is 5.75 Å². The minimum Gasteiger partial charge on any atom is -0.497 e. The number of carbonyl (C=O) groups is 1. The summed E-state index contributed by atoms with van der Waals surface area (Å²) in [5, 5.41) is 0. The largest absolute Gasteiger partial charge is 0.497 e. The van der Waals surface area contributed by atoms with Crippen LogP contribution in [0.2, 0.25) is 0 Å². The van der Waals surface area contributed by atoms with Gasteiger partial charge in [-0.05, 0) is 31.0 Å². The van der Waals surface area contributed by atoms with Gasteiger partial charge in [-0.25, -0.2) is 9.97 Å². The fourth-order valence-corrected chi connectivity index (χ4v) is 4.68. The molecule has 8 nitrogen and oxygen atoms in total. The van der Waals surface area contributed by atoms with Crippen molar-refractivity contribution < 1.29 is 9.53 Å². The van der Waals surface area contributed by atoms with Crippen LogP contribution in [0.15, 0.2) is 48.9 Å². The number of benzene rings is 1. The highest BCUT2D eigenvalue weighted by atomic mass is 16.5. The number of methoxy groups -OCH3 is 1. The highest BCUT2D eigenvalue weighted by molar-refractivity contribution is 5.80. The Labute approximate surface area is 187 Å². The minimum absolute atomic E-state index is 0.0182. The van der Waals surface area contributed by atoms with Gasteiger partial charge in [-0.3, -0.25) is 9.78 Å². The molecular formula is C24H28N6O2. The number of carbonyl (C=O) groups excluding carboxylic acids is 1. The van der Waals surface area contributed by atoms with Crippen LogP contribution in [0.25, 0.3) is 11.2 Å². The number of piperidine rings is 1. The Morgan fingerprint density at radius 2 is 1.81 bits per heavy atom. The van der Waals surface area contributed by atoms with Crippen LogP contribution in [0, 0.1) is 5.92 Å². The number of anilines is 2. The number of aromatic nitrogens is 3. The van der Waals surface area contributed by atoms with Gasteiger partial charge in [0.25, 0.3) is 0 Å². The number of ether oxygens (including phenoxy) is 1. The zero-order chi connectivity index (χ0) is 21.9. The lowest BCUT2D eigenvalue weighted by Crippen LogP contribution is -2.52. The molecule has 2 saturated heterocycles. The normalized spacial score (nSPS) is 19.3. The van der Waals surface area contributed by atoms with E-state index in [9.17, 15) is 4.79 Å². The fraction of sp³-hybridized carbons (Fsp3) is 0.417. The summed E-state index contributed by atoms with van der Waals surface area (Å²) >= 11 is 0. The molecule has 1 atom stereocenters. The van der Waals surface area contributed by atoms with Crippen LogP contribution in [0.4, 0.5) is 11.4 Å². The third-order valence-electron chi connectivity index (χ3n) is 6.46. The zero-order valence-corrected chi connectivity index (χ0v) is 18.4. The van der Waals surface area contributed by atoms with Crippen molar-refractivity contribution >= 4 is 28.4 Å². The zero-order valence-electron chi connectivity index (χ0n) is 18.4. The number of nitrogens with zero attached hydrogens (tertiary/aromatic N) is 6. The lowest BCUT2D eigenvalue weighted by molar-refractivity contribution is -0.136. The van der Waals surface area contributed by atoms with E-state index in [0.29, 0.717) is 5.65 Å². The lowest BCUT2D eigenvalue weighted by Gasteiger charge is -2.40. The van der Waals surface area contributed by atoms with Crippen molar-refractivity contribution in [1.29, 1.82) is 0 Å². The first-order valence-electron chi connectivity index (χ1n) is 11.2. The molecule has 32 heavy (non-hydrogen) atoms. The molecule has 8 heteroatoms. The first-order chi connectivity index (χ1) is 15.7. The second kappa shape index (κ2) is 8.98. The van der Waals surface area contributed by atoms with E-state index in [-0.39, 0.29) is 11.8 Å². The SMILES string of the molecule is COc1cccc(N2CCN(C(=O)C3CCCN(c4cnc5nccnc5c4)C3)CC2)c1. The van der Waals surface area contributed by atoms with Crippen LogP contribution >= 0.6 is 0 Å². The van der Waals surface area contributed by atoms with E-state index in [1.165, 1.54) is 0 Å². The second-order valence-electron chi connectivity index (χ2n) is 8.39. The fourth-order valence-electron chi connectivity index (χ4n) is 4.68. The first-order valence-corrected chi connectivity index (χ1v) is 11.2. The molecule has 3 aromatic rings. The molecule has 0 N–H and O–H groups in total. The molecule has 2 aromatic heterocycles. The Balaban J connectivity index is 1.21. The number of hydrogen-bond acceptors (Lipinski definition) is 7. The summed E-state index contributed by atoms with van der Waals surface area (Å²) in [7, 11) is 1.69. The molecular weight excluding hydrogens is 404 g/mol. The predicted molar refractivity (Wildman–Crippen MR) is 124 cm³/mol. The van der Waals surface area contributed by atoms with E-state index >= 15 is 0 Å². The monoisotopic (exact) mass is 432 g/mol. The van der Waals surface area contributed by atoms with E-state index in [0.717, 1.165) is 74.8 Å². The molecule has 0 aliphatic carbocycles. The molecule has 5 rings (SSSR count). The molecule has 2 fully saturated rings. The number of fused-ring (bicyclic) bond motifs is 1. The van der Waals surface area contributed by atoms with Crippen LogP contribution in [0.3, 0.4) is 0 Å². The second-order valence-corrected chi connectivity index (χ2v) is 8.39. The van der Waals surface area contributed by atoms with Gasteiger partial charge in [-0.15, -0.1) is 0 Å². The molecule has 166 valence electrons. The van der Waals surface area contributed by atoms with E-state index in [2.05, 4.69) is 36.9 Å². The van der Waals surface area contributed by atoms with Gasteiger partial charge in [-0.2, -0.15) is 0 Å². The molecule has 4 heterocycles. The molecule has 0 spiro atoms. The number of amides is 1. The summed E-state index contributed by atoms with van der Waals surface area (Å²) in [5.74, 6) is 1.15. The maximum Gasteiger partial charge on any atom is 0.227 e. The van der Waals surface area contributed by atoms with Crippen molar-refractivity contribution in [2.45, 2.75) is 12.8 Å². The number of rotatable bonds is 4. The Kier molecular flexibility index (Phi) is 5.75. The van der Waals surface area contributed by atoms with E-state index in [1.807, 2.05) is 29.3 Å². The maximum absolute atomic E-state index is 13.3. The Hall–Kier alpha value is -3.42. The highest BCUT2D eigenvalue weighted by Gasteiger charge is 2.31. The molecule has 1 amide bonds. The Morgan fingerprint density at radius 1 is 0.969 bits per heavy atom. The van der Waals surface area contributed by atoms with Crippen molar-refractivity contribution in [3.05, 3.63) is 48.9 Å². The summed E-state index contributed by atoms with van der Waals surface area (Å²) in [6.07, 6.45) is 7.11. The van der Waals surface area contributed by atoms with Gasteiger partial charge < -0.3 is 19.4 Å². The van der Waals surface area contributed by atoms with Crippen LogP contribution < -0.4 is 14.5 Å². The molecule has 1 aromatic carbocycles. The number of pyridine rings is 1. The topological polar surface area (TPSA) is 74.7 Å². The summed E-state index contributed by atoms with van der Waals surface area (Å²) in [6.45, 7) is 4.83. The van der Waals surface area contributed by atoms with Gasteiger partial charge in [0.1, 0.15) is 11.3 Å². The Bertz CT molecular complexity index is 1100. The van der Waals surface area contributed by atoms with Crippen LogP contribution in [0.5, 0.6) is 5.75 Å². The summed E-state index contributed by atoms with van der Waals surface area (Å²) in [4.78, 5) is 33.0. The van der Waals surface area contributed by atoms with E-state index in [4.69, 9.17) is 4.74 Å². The highest BCUT2D eigenvalue weighted by Crippen LogP contribution is 2.27. The molecule has 2 aliphatic heterocycles. The van der Waals surface area contributed by atoms with Crippen LogP contribution in [0.1, 0.15) is 12.8 Å². The van der Waals surface area contributed by atoms with Crippen LogP contribution in [-0.4, -0.2) is 72.1 Å². The summed E-state index contributed by atoms with van der Waals surface area (Å²) in [6, 6.07) is 10.1. The summed E-state index contributed by atoms with van der Waals surface area (Å²) < 4.78 is 5.35. The van der Waals surface area contributed by atoms with Crippen molar-refractivity contribution in [1.82, 2.24) is 19.9 Å². The van der Waals surface area contributed by atoms with Crippen molar-refractivity contribution in [3.63, 3.8) is 0 Å². The third kappa shape index (κ3) is 4.17. The van der Waals surface area contributed by atoms with Gasteiger partial charge in [0.15, 0.2) is 5.65 Å². The van der Waals surface area contributed by atoms with Gasteiger partial charge in [0.2, 0.25) is 5.91 Å². The standard InChI is InChI=1S/C24H28N6O2/c1-32-21-6-2-5-19(14-21)28-10-12-29(13-11-28)24(31)18-4-3-9-30(17-18)20-15-22-23(27-16-20)26-8-7-25-22/h2,5-8,14-16,18H,3-4,9-13,17H2,1H3. The third-order valence-corrected chi connectivity index (χ3v) is 6.46. The van der Waals surface area contributed by atoms with Crippen molar-refractivity contribution in [2.24, 2.45) is 5.92 Å². The van der Waals surface area contributed by atoms with Gasteiger partial charge in [0.05, 0.1) is 24.9 Å². The summed E-state index contributed by atoms with van der Waals surface area (Å²) in [5.41, 5.74) is 3.59. The van der Waals surface area contributed by atoms with Gasteiger partial charge >= 0.3 is 0 Å². The maximum atomic E-state index is 13.3. The number of piperazine rings is 1. The first kappa shape index (κ1) is 20.5.